The van der Waals surface area contributed by atoms with Crippen LogP contribution in [0.5, 0.6) is 0 Å². The number of hydrogen-bond donors (Lipinski definition) is 1. The van der Waals surface area contributed by atoms with Gasteiger partial charge in [-0.05, 0) is 52.2 Å². The molecule has 98 valence electrons. The fourth-order valence-corrected chi connectivity index (χ4v) is 2.15. The number of hydrogen-bond acceptors (Lipinski definition) is 1. The number of rotatable bonds is 3. The lowest BCUT2D eigenvalue weighted by Gasteiger charge is -2.08. The zero-order chi connectivity index (χ0) is 13.8. The Morgan fingerprint density at radius 2 is 2.00 bits per heavy atom. The van der Waals surface area contributed by atoms with Crippen molar-refractivity contribution in [1.82, 2.24) is 5.32 Å². The van der Waals surface area contributed by atoms with Crippen molar-refractivity contribution < 1.29 is 4.79 Å². The lowest BCUT2D eigenvalue weighted by atomic mass is 10.1. The second-order valence-electron chi connectivity index (χ2n) is 4.24. The smallest absolute Gasteiger partial charge is 0.251 e. The number of halogens is 2. The van der Waals surface area contributed by atoms with Gasteiger partial charge in [0.15, 0.2) is 0 Å². The first-order valence-electron chi connectivity index (χ1n) is 5.85. The first kappa shape index (κ1) is 14.1. The summed E-state index contributed by atoms with van der Waals surface area (Å²) in [7, 11) is 0. The van der Waals surface area contributed by atoms with Gasteiger partial charge in [-0.2, -0.15) is 0 Å². The van der Waals surface area contributed by atoms with Crippen LogP contribution < -0.4 is 5.32 Å². The molecule has 1 N–H and O–H groups in total. The molecular weight excluding hydrogens is 326 g/mol. The summed E-state index contributed by atoms with van der Waals surface area (Å²) >= 11 is 9.27. The summed E-state index contributed by atoms with van der Waals surface area (Å²) in [6.45, 7) is 2.54. The topological polar surface area (TPSA) is 29.1 Å². The van der Waals surface area contributed by atoms with Crippen LogP contribution in [0.2, 0.25) is 5.02 Å². The number of aryl methyl sites for hydroxylation is 1. The summed E-state index contributed by atoms with van der Waals surface area (Å²) in [6.07, 6.45) is 0. The molecular formula is C15H13BrClNO. The first-order valence-corrected chi connectivity index (χ1v) is 7.03. The molecule has 0 aliphatic rings. The minimum Gasteiger partial charge on any atom is -0.348 e. The summed E-state index contributed by atoms with van der Waals surface area (Å²) in [5, 5.41) is 3.42. The Bertz CT molecular complexity index is 613. The minimum absolute atomic E-state index is 0.127. The van der Waals surface area contributed by atoms with Gasteiger partial charge in [0.2, 0.25) is 0 Å². The van der Waals surface area contributed by atoms with E-state index in [9.17, 15) is 4.79 Å². The summed E-state index contributed by atoms with van der Waals surface area (Å²) in [6, 6.07) is 13.1. The van der Waals surface area contributed by atoms with Crippen LogP contribution in [0.15, 0.2) is 46.9 Å². The molecule has 2 rings (SSSR count). The summed E-state index contributed by atoms with van der Waals surface area (Å²) in [5.41, 5.74) is 2.83. The van der Waals surface area contributed by atoms with Gasteiger partial charge in [0.05, 0.1) is 5.02 Å². The van der Waals surface area contributed by atoms with Crippen LogP contribution in [0.1, 0.15) is 21.5 Å². The fourth-order valence-electron chi connectivity index (χ4n) is 1.72. The molecule has 1 amide bonds. The molecule has 0 saturated heterocycles. The quantitative estimate of drug-likeness (QED) is 0.886. The summed E-state index contributed by atoms with van der Waals surface area (Å²) < 4.78 is 0.782. The molecule has 0 aromatic heterocycles. The van der Waals surface area contributed by atoms with E-state index in [1.807, 2.05) is 31.2 Å². The molecule has 0 spiro atoms. The molecule has 0 atom stereocenters. The summed E-state index contributed by atoms with van der Waals surface area (Å²) in [4.78, 5) is 12.0. The van der Waals surface area contributed by atoms with Gasteiger partial charge in [0.1, 0.15) is 0 Å². The lowest BCUT2D eigenvalue weighted by molar-refractivity contribution is 0.0951. The van der Waals surface area contributed by atoms with Crippen LogP contribution >= 0.6 is 27.5 Å². The highest BCUT2D eigenvalue weighted by Gasteiger charge is 2.08. The third kappa shape index (κ3) is 3.58. The third-order valence-electron chi connectivity index (χ3n) is 2.88. The summed E-state index contributed by atoms with van der Waals surface area (Å²) in [5.74, 6) is -0.127. The Balaban J connectivity index is 2.05. The van der Waals surface area contributed by atoms with Crippen molar-refractivity contribution in [2.75, 3.05) is 0 Å². The van der Waals surface area contributed by atoms with Crippen LogP contribution in [-0.4, -0.2) is 5.91 Å². The molecule has 2 aromatic rings. The maximum absolute atomic E-state index is 12.0. The van der Waals surface area contributed by atoms with Gasteiger partial charge in [-0.3, -0.25) is 4.79 Å². The Morgan fingerprint density at radius 3 is 2.68 bits per heavy atom. The van der Waals surface area contributed by atoms with Crippen molar-refractivity contribution >= 4 is 33.4 Å². The van der Waals surface area contributed by atoms with Gasteiger partial charge in [0, 0.05) is 16.6 Å². The Hall–Kier alpha value is -1.32. The fraction of sp³-hybridized carbons (Fsp3) is 0.133. The largest absolute Gasteiger partial charge is 0.348 e. The van der Waals surface area contributed by atoms with E-state index in [2.05, 4.69) is 21.2 Å². The molecule has 0 saturated carbocycles. The molecule has 0 aliphatic heterocycles. The number of nitrogens with one attached hydrogen (secondary N) is 1. The van der Waals surface area contributed by atoms with Gasteiger partial charge in [-0.25, -0.2) is 0 Å². The molecule has 0 radical (unpaired) electrons. The van der Waals surface area contributed by atoms with E-state index in [0.29, 0.717) is 17.1 Å². The third-order valence-corrected chi connectivity index (χ3v) is 4.11. The predicted octanol–water partition coefficient (Wildman–Crippen LogP) is 4.34. The zero-order valence-corrected chi connectivity index (χ0v) is 12.8. The average Bonchev–Trinajstić information content (AvgIpc) is 2.40. The van der Waals surface area contributed by atoms with Crippen molar-refractivity contribution in [2.45, 2.75) is 13.5 Å². The molecule has 0 fully saturated rings. The Morgan fingerprint density at radius 1 is 1.26 bits per heavy atom. The van der Waals surface area contributed by atoms with E-state index >= 15 is 0 Å². The van der Waals surface area contributed by atoms with E-state index in [1.165, 1.54) is 0 Å². The first-order chi connectivity index (χ1) is 9.08. The van der Waals surface area contributed by atoms with Gasteiger partial charge in [-0.15, -0.1) is 0 Å². The highest BCUT2D eigenvalue weighted by molar-refractivity contribution is 9.10. The Labute approximate surface area is 125 Å². The molecule has 4 heteroatoms. The maximum atomic E-state index is 12.0. The van der Waals surface area contributed by atoms with Gasteiger partial charge in [-0.1, -0.05) is 35.9 Å². The van der Waals surface area contributed by atoms with Gasteiger partial charge < -0.3 is 5.32 Å². The highest BCUT2D eigenvalue weighted by atomic mass is 79.9. The van der Waals surface area contributed by atoms with E-state index in [1.54, 1.807) is 18.2 Å². The number of amides is 1. The standard InChI is InChI=1S/C15H13BrClNO/c1-10-4-2-3-5-12(10)9-18-15(19)11-6-7-13(16)14(17)8-11/h2-8H,9H2,1H3,(H,18,19). The van der Waals surface area contributed by atoms with Crippen molar-refractivity contribution in [3.05, 3.63) is 68.7 Å². The molecule has 0 bridgehead atoms. The number of benzene rings is 2. The van der Waals surface area contributed by atoms with Crippen molar-refractivity contribution in [3.8, 4) is 0 Å². The zero-order valence-electron chi connectivity index (χ0n) is 10.4. The van der Waals surface area contributed by atoms with E-state index in [4.69, 9.17) is 11.6 Å². The monoisotopic (exact) mass is 337 g/mol. The normalized spacial score (nSPS) is 10.3. The molecule has 0 aliphatic carbocycles. The van der Waals surface area contributed by atoms with Crippen LogP contribution in [0.25, 0.3) is 0 Å². The van der Waals surface area contributed by atoms with Crippen molar-refractivity contribution in [3.63, 3.8) is 0 Å². The molecule has 2 aromatic carbocycles. The van der Waals surface area contributed by atoms with E-state index < -0.39 is 0 Å². The van der Waals surface area contributed by atoms with Crippen molar-refractivity contribution in [2.24, 2.45) is 0 Å². The van der Waals surface area contributed by atoms with Gasteiger partial charge >= 0.3 is 0 Å². The highest BCUT2D eigenvalue weighted by Crippen LogP contribution is 2.23. The lowest BCUT2D eigenvalue weighted by Crippen LogP contribution is -2.23. The molecule has 0 heterocycles. The maximum Gasteiger partial charge on any atom is 0.251 e. The van der Waals surface area contributed by atoms with Crippen LogP contribution in [0.3, 0.4) is 0 Å². The second-order valence-corrected chi connectivity index (χ2v) is 5.50. The molecule has 2 nitrogen and oxygen atoms in total. The second kappa shape index (κ2) is 6.22. The van der Waals surface area contributed by atoms with Gasteiger partial charge in [0.25, 0.3) is 5.91 Å². The number of carbonyl (C=O) groups is 1. The predicted molar refractivity (Wildman–Crippen MR) is 81.5 cm³/mol. The Kier molecular flexibility index (Phi) is 4.61. The van der Waals surface area contributed by atoms with E-state index in [0.717, 1.165) is 15.6 Å². The average molecular weight is 339 g/mol. The number of carbonyl (C=O) groups excluding carboxylic acids is 1. The van der Waals surface area contributed by atoms with E-state index in [-0.39, 0.29) is 5.91 Å². The van der Waals surface area contributed by atoms with Crippen LogP contribution in [0, 0.1) is 6.92 Å². The van der Waals surface area contributed by atoms with Crippen LogP contribution in [0.4, 0.5) is 0 Å². The molecule has 19 heavy (non-hydrogen) atoms. The van der Waals surface area contributed by atoms with Crippen LogP contribution in [-0.2, 0) is 6.54 Å². The molecule has 0 unspecified atom stereocenters. The SMILES string of the molecule is Cc1ccccc1CNC(=O)c1ccc(Br)c(Cl)c1. The minimum atomic E-state index is -0.127. The van der Waals surface area contributed by atoms with Crippen molar-refractivity contribution in [1.29, 1.82) is 0 Å².